The van der Waals surface area contributed by atoms with Gasteiger partial charge >= 0.3 is 5.97 Å². The van der Waals surface area contributed by atoms with E-state index in [1.54, 1.807) is 12.1 Å². The zero-order valence-corrected chi connectivity index (χ0v) is 15.5. The van der Waals surface area contributed by atoms with Crippen molar-refractivity contribution in [2.24, 2.45) is 23.2 Å². The van der Waals surface area contributed by atoms with Crippen LogP contribution in [0, 0.1) is 23.2 Å². The number of rotatable bonds is 3. The predicted octanol–water partition coefficient (Wildman–Crippen LogP) is 3.02. The van der Waals surface area contributed by atoms with Crippen molar-refractivity contribution in [1.29, 1.82) is 0 Å². The Morgan fingerprint density at radius 1 is 1.19 bits per heavy atom. The summed E-state index contributed by atoms with van der Waals surface area (Å²) in [6.45, 7) is 5.71. The van der Waals surface area contributed by atoms with Crippen molar-refractivity contribution >= 4 is 5.97 Å². The van der Waals surface area contributed by atoms with Crippen molar-refractivity contribution in [1.82, 2.24) is 0 Å². The molecule has 1 saturated heterocycles. The highest BCUT2D eigenvalue weighted by atomic mass is 16.7. The third-order valence-electron chi connectivity index (χ3n) is 6.22. The van der Waals surface area contributed by atoms with Crippen LogP contribution < -0.4 is 0 Å². The Bertz CT molecular complexity index is 646. The SMILES string of the molecule is CC1(C)COC2(CC3C[C@@H](OC(=O)c4ccccc4)[C@H](CO)[C@H]3C2)OC1. The van der Waals surface area contributed by atoms with E-state index < -0.39 is 5.79 Å². The molecule has 1 aliphatic heterocycles. The van der Waals surface area contributed by atoms with Gasteiger partial charge < -0.3 is 19.3 Å². The maximum absolute atomic E-state index is 12.4. The smallest absolute Gasteiger partial charge is 0.338 e. The molecule has 4 rings (SSSR count). The first-order chi connectivity index (χ1) is 12.4. The van der Waals surface area contributed by atoms with Gasteiger partial charge in [0.15, 0.2) is 5.79 Å². The van der Waals surface area contributed by atoms with Crippen LogP contribution in [-0.4, -0.2) is 42.8 Å². The normalized spacial score (nSPS) is 34.6. The first-order valence-corrected chi connectivity index (χ1v) is 9.56. The largest absolute Gasteiger partial charge is 0.458 e. The second-order valence-corrected chi connectivity index (χ2v) is 8.88. The summed E-state index contributed by atoms with van der Waals surface area (Å²) in [5.41, 5.74) is 0.603. The van der Waals surface area contributed by atoms with Gasteiger partial charge in [-0.1, -0.05) is 32.0 Å². The minimum absolute atomic E-state index is 0.0233. The van der Waals surface area contributed by atoms with Gasteiger partial charge in [0.1, 0.15) is 6.10 Å². The predicted molar refractivity (Wildman–Crippen MR) is 95.5 cm³/mol. The number of fused-ring (bicyclic) bond motifs is 1. The fourth-order valence-electron chi connectivity index (χ4n) is 4.81. The van der Waals surface area contributed by atoms with Crippen LogP contribution in [0.5, 0.6) is 0 Å². The van der Waals surface area contributed by atoms with Crippen LogP contribution in [-0.2, 0) is 14.2 Å². The topological polar surface area (TPSA) is 65.0 Å². The number of hydrogen-bond acceptors (Lipinski definition) is 5. The van der Waals surface area contributed by atoms with Crippen LogP contribution >= 0.6 is 0 Å². The monoisotopic (exact) mass is 360 g/mol. The van der Waals surface area contributed by atoms with Crippen molar-refractivity contribution in [3.8, 4) is 0 Å². The fourth-order valence-corrected chi connectivity index (χ4v) is 4.81. The number of benzene rings is 1. The molecule has 2 saturated carbocycles. The lowest BCUT2D eigenvalue weighted by Crippen LogP contribution is -2.47. The summed E-state index contributed by atoms with van der Waals surface area (Å²) in [7, 11) is 0. The number of aliphatic hydroxyl groups excluding tert-OH is 1. The van der Waals surface area contributed by atoms with E-state index in [4.69, 9.17) is 14.2 Å². The fraction of sp³-hybridized carbons (Fsp3) is 0.667. The Labute approximate surface area is 154 Å². The maximum atomic E-state index is 12.4. The highest BCUT2D eigenvalue weighted by Crippen LogP contribution is 2.55. The third kappa shape index (κ3) is 3.28. The van der Waals surface area contributed by atoms with Crippen LogP contribution in [0.3, 0.4) is 0 Å². The number of carbonyl (C=O) groups excluding carboxylic acids is 1. The molecule has 1 N–H and O–H groups in total. The average Bonchev–Trinajstić information content (AvgIpc) is 3.12. The van der Waals surface area contributed by atoms with Gasteiger partial charge in [0.2, 0.25) is 0 Å². The average molecular weight is 360 g/mol. The van der Waals surface area contributed by atoms with Gasteiger partial charge in [-0.15, -0.1) is 0 Å². The molecule has 1 heterocycles. The van der Waals surface area contributed by atoms with Crippen LogP contribution in [0.2, 0.25) is 0 Å². The van der Waals surface area contributed by atoms with Crippen LogP contribution in [0.25, 0.3) is 0 Å². The summed E-state index contributed by atoms with van der Waals surface area (Å²) in [5.74, 6) is -0.228. The van der Waals surface area contributed by atoms with Gasteiger partial charge in [-0.25, -0.2) is 4.79 Å². The molecule has 26 heavy (non-hydrogen) atoms. The molecule has 2 aliphatic carbocycles. The molecule has 4 atom stereocenters. The summed E-state index contributed by atoms with van der Waals surface area (Å²) in [6, 6.07) is 9.04. The molecular formula is C21H28O5. The van der Waals surface area contributed by atoms with Crippen molar-refractivity contribution in [3.05, 3.63) is 35.9 Å². The van der Waals surface area contributed by atoms with Crippen molar-refractivity contribution in [2.45, 2.75) is 45.0 Å². The summed E-state index contributed by atoms with van der Waals surface area (Å²) < 4.78 is 18.1. The lowest BCUT2D eigenvalue weighted by atomic mass is 9.91. The zero-order chi connectivity index (χ0) is 18.4. The molecule has 0 amide bonds. The molecule has 3 fully saturated rings. The number of ether oxygens (including phenoxy) is 3. The molecule has 0 aromatic heterocycles. The Morgan fingerprint density at radius 2 is 1.88 bits per heavy atom. The summed E-state index contributed by atoms with van der Waals surface area (Å²) >= 11 is 0. The van der Waals surface area contributed by atoms with Gasteiger partial charge in [-0.3, -0.25) is 0 Å². The van der Waals surface area contributed by atoms with E-state index in [1.165, 1.54) is 0 Å². The minimum atomic E-state index is -0.507. The van der Waals surface area contributed by atoms with E-state index in [1.807, 2.05) is 18.2 Å². The van der Waals surface area contributed by atoms with E-state index in [2.05, 4.69) is 13.8 Å². The van der Waals surface area contributed by atoms with Gasteiger partial charge in [0.25, 0.3) is 0 Å². The summed E-state index contributed by atoms with van der Waals surface area (Å²) in [4.78, 5) is 12.4. The molecule has 1 unspecified atom stereocenters. The zero-order valence-electron chi connectivity index (χ0n) is 15.5. The Morgan fingerprint density at radius 3 is 2.54 bits per heavy atom. The molecular weight excluding hydrogens is 332 g/mol. The molecule has 142 valence electrons. The first-order valence-electron chi connectivity index (χ1n) is 9.56. The molecule has 0 bridgehead atoms. The molecule has 0 radical (unpaired) electrons. The highest BCUT2D eigenvalue weighted by Gasteiger charge is 2.57. The van der Waals surface area contributed by atoms with E-state index >= 15 is 0 Å². The summed E-state index contributed by atoms with van der Waals surface area (Å²) in [5, 5.41) is 9.96. The van der Waals surface area contributed by atoms with Gasteiger partial charge in [0, 0.05) is 30.8 Å². The van der Waals surface area contributed by atoms with Gasteiger partial charge in [-0.2, -0.15) is 0 Å². The molecule has 3 aliphatic rings. The van der Waals surface area contributed by atoms with Crippen molar-refractivity contribution in [2.75, 3.05) is 19.8 Å². The van der Waals surface area contributed by atoms with E-state index in [0.717, 1.165) is 19.3 Å². The third-order valence-corrected chi connectivity index (χ3v) is 6.22. The van der Waals surface area contributed by atoms with Crippen LogP contribution in [0.1, 0.15) is 43.5 Å². The number of hydrogen-bond donors (Lipinski definition) is 1. The molecule has 5 heteroatoms. The number of carbonyl (C=O) groups is 1. The van der Waals surface area contributed by atoms with E-state index in [-0.39, 0.29) is 35.9 Å². The molecule has 1 spiro atoms. The summed E-state index contributed by atoms with van der Waals surface area (Å²) in [6.07, 6.45) is 2.13. The van der Waals surface area contributed by atoms with E-state index in [9.17, 15) is 9.90 Å². The Hall–Kier alpha value is -1.43. The molecule has 5 nitrogen and oxygen atoms in total. The second kappa shape index (κ2) is 6.63. The lowest BCUT2D eigenvalue weighted by Gasteiger charge is -2.42. The quantitative estimate of drug-likeness (QED) is 0.840. The van der Waals surface area contributed by atoms with Crippen molar-refractivity contribution < 1.29 is 24.1 Å². The van der Waals surface area contributed by atoms with Crippen LogP contribution in [0.15, 0.2) is 30.3 Å². The van der Waals surface area contributed by atoms with E-state index in [0.29, 0.717) is 24.7 Å². The molecule has 1 aromatic rings. The number of aliphatic hydroxyl groups is 1. The lowest BCUT2D eigenvalue weighted by molar-refractivity contribution is -0.298. The van der Waals surface area contributed by atoms with Gasteiger partial charge in [0.05, 0.1) is 18.8 Å². The van der Waals surface area contributed by atoms with Gasteiger partial charge in [-0.05, 0) is 30.4 Å². The molecule has 1 aromatic carbocycles. The van der Waals surface area contributed by atoms with Crippen LogP contribution in [0.4, 0.5) is 0 Å². The first kappa shape index (κ1) is 18.0. The van der Waals surface area contributed by atoms with Crippen molar-refractivity contribution in [3.63, 3.8) is 0 Å². The minimum Gasteiger partial charge on any atom is -0.458 e. The number of esters is 1. The highest BCUT2D eigenvalue weighted by molar-refractivity contribution is 5.89. The Balaban J connectivity index is 1.42. The Kier molecular flexibility index (Phi) is 4.58. The standard InChI is InChI=1S/C21H28O5/c1-20(2)12-24-21(25-13-20)9-15-8-18(17(11-22)16(15)10-21)26-19(23)14-6-4-3-5-7-14/h3-7,15-18,22H,8-13H2,1-2H3/t15?,16-,17+,18+/m0/s1. The second-order valence-electron chi connectivity index (χ2n) is 8.88. The maximum Gasteiger partial charge on any atom is 0.338 e.